The van der Waals surface area contributed by atoms with Crippen LogP contribution in [0.3, 0.4) is 0 Å². The van der Waals surface area contributed by atoms with Gasteiger partial charge in [0.1, 0.15) is 10.7 Å². The highest BCUT2D eigenvalue weighted by atomic mass is 79.9. The van der Waals surface area contributed by atoms with Crippen molar-refractivity contribution in [3.05, 3.63) is 52.4 Å². The van der Waals surface area contributed by atoms with Crippen LogP contribution in [0, 0.1) is 0 Å². The van der Waals surface area contributed by atoms with Crippen LogP contribution in [0.15, 0.2) is 45.5 Å². The molecule has 0 bridgehead atoms. The van der Waals surface area contributed by atoms with E-state index in [1.54, 1.807) is 6.26 Å². The summed E-state index contributed by atoms with van der Waals surface area (Å²) < 4.78 is 6.24. The van der Waals surface area contributed by atoms with Crippen molar-refractivity contribution in [1.29, 1.82) is 0 Å². The van der Waals surface area contributed by atoms with Crippen molar-refractivity contribution in [3.63, 3.8) is 0 Å². The van der Waals surface area contributed by atoms with Crippen LogP contribution < -0.4 is 10.6 Å². The number of thiocarbonyl (C=S) groups is 1. The number of halogens is 1. The van der Waals surface area contributed by atoms with Gasteiger partial charge in [-0.25, -0.2) is 0 Å². The van der Waals surface area contributed by atoms with Gasteiger partial charge in [-0.2, -0.15) is 0 Å². The second-order valence-electron chi connectivity index (χ2n) is 3.93. The van der Waals surface area contributed by atoms with Crippen LogP contribution in [-0.4, -0.2) is 12.0 Å². The molecule has 0 aliphatic heterocycles. The summed E-state index contributed by atoms with van der Waals surface area (Å²) in [6, 6.07) is 9.69. The van der Waals surface area contributed by atoms with Gasteiger partial charge in [-0.3, -0.25) is 0 Å². The Morgan fingerprint density at radius 3 is 2.78 bits per heavy atom. The first-order chi connectivity index (χ1) is 8.59. The zero-order valence-electron chi connectivity index (χ0n) is 9.89. The average molecular weight is 325 g/mol. The Balaban J connectivity index is 2.32. The lowest BCUT2D eigenvalue weighted by Gasteiger charge is -2.21. The van der Waals surface area contributed by atoms with Crippen LogP contribution in [-0.2, 0) is 6.54 Å². The predicted octanol–water partition coefficient (Wildman–Crippen LogP) is 3.31. The van der Waals surface area contributed by atoms with Crippen LogP contribution in [0.2, 0.25) is 0 Å². The molecule has 0 atom stereocenters. The molecular weight excluding hydrogens is 312 g/mol. The minimum Gasteiger partial charge on any atom is -0.467 e. The molecule has 18 heavy (non-hydrogen) atoms. The second kappa shape index (κ2) is 5.54. The van der Waals surface area contributed by atoms with E-state index >= 15 is 0 Å². The third-order valence-corrected chi connectivity index (χ3v) is 3.49. The first-order valence-corrected chi connectivity index (χ1v) is 6.61. The molecule has 0 radical (unpaired) electrons. The molecule has 1 aromatic heterocycles. The van der Waals surface area contributed by atoms with Crippen LogP contribution in [0.1, 0.15) is 11.3 Å². The molecule has 2 N–H and O–H groups in total. The average Bonchev–Trinajstić information content (AvgIpc) is 2.80. The van der Waals surface area contributed by atoms with Crippen molar-refractivity contribution < 1.29 is 4.42 Å². The molecular formula is C13H13BrN2OS. The lowest BCUT2D eigenvalue weighted by Crippen LogP contribution is -2.21. The molecule has 5 heteroatoms. The highest BCUT2D eigenvalue weighted by Crippen LogP contribution is 2.28. The molecule has 94 valence electrons. The highest BCUT2D eigenvalue weighted by molar-refractivity contribution is 9.10. The fourth-order valence-electron chi connectivity index (χ4n) is 1.80. The van der Waals surface area contributed by atoms with Crippen molar-refractivity contribution in [1.82, 2.24) is 0 Å². The summed E-state index contributed by atoms with van der Waals surface area (Å²) in [4.78, 5) is 2.43. The molecule has 0 saturated heterocycles. The first-order valence-electron chi connectivity index (χ1n) is 5.41. The molecule has 2 aromatic rings. The number of hydrogen-bond acceptors (Lipinski definition) is 3. The van der Waals surface area contributed by atoms with E-state index in [9.17, 15) is 0 Å². The number of furan rings is 1. The van der Waals surface area contributed by atoms with Crippen molar-refractivity contribution in [2.45, 2.75) is 6.54 Å². The quantitative estimate of drug-likeness (QED) is 0.876. The lowest BCUT2D eigenvalue weighted by molar-refractivity contribution is 0.507. The number of benzene rings is 1. The fraction of sp³-hybridized carbons (Fsp3) is 0.154. The third-order valence-electron chi connectivity index (χ3n) is 2.62. The summed E-state index contributed by atoms with van der Waals surface area (Å²) in [5.41, 5.74) is 7.61. The molecule has 0 aliphatic rings. The Morgan fingerprint density at radius 1 is 1.39 bits per heavy atom. The predicted molar refractivity (Wildman–Crippen MR) is 80.8 cm³/mol. The zero-order chi connectivity index (χ0) is 13.1. The Morgan fingerprint density at radius 2 is 2.17 bits per heavy atom. The molecule has 0 spiro atoms. The van der Waals surface area contributed by atoms with Gasteiger partial charge in [0.05, 0.1) is 12.8 Å². The summed E-state index contributed by atoms with van der Waals surface area (Å²) in [6.07, 6.45) is 1.67. The Bertz CT molecular complexity index is 554. The minimum absolute atomic E-state index is 0.378. The van der Waals surface area contributed by atoms with Crippen molar-refractivity contribution >= 4 is 38.8 Å². The summed E-state index contributed by atoms with van der Waals surface area (Å²) in [7, 11) is 1.98. The van der Waals surface area contributed by atoms with Crippen LogP contribution >= 0.6 is 28.1 Å². The standard InChI is InChI=1S/C13H13BrN2OS/c1-16(8-9-4-3-7-17-9)11-6-2-5-10(14)12(11)13(15)18/h2-7H,8H2,1H3,(H2,15,18). The smallest absolute Gasteiger partial charge is 0.123 e. The molecule has 1 heterocycles. The number of hydrogen-bond donors (Lipinski definition) is 1. The van der Waals surface area contributed by atoms with E-state index in [1.807, 2.05) is 37.4 Å². The second-order valence-corrected chi connectivity index (χ2v) is 5.23. The van der Waals surface area contributed by atoms with Crippen molar-refractivity contribution in [2.75, 3.05) is 11.9 Å². The SMILES string of the molecule is CN(Cc1ccco1)c1cccc(Br)c1C(N)=S. The highest BCUT2D eigenvalue weighted by Gasteiger charge is 2.13. The van der Waals surface area contributed by atoms with Gasteiger partial charge in [0, 0.05) is 22.8 Å². The van der Waals surface area contributed by atoms with E-state index in [1.165, 1.54) is 0 Å². The fourth-order valence-corrected chi connectivity index (χ4v) is 2.71. The normalized spacial score (nSPS) is 10.3. The molecule has 0 amide bonds. The number of nitrogens with two attached hydrogens (primary N) is 1. The zero-order valence-corrected chi connectivity index (χ0v) is 12.3. The maximum absolute atomic E-state index is 5.78. The van der Waals surface area contributed by atoms with E-state index in [-0.39, 0.29) is 0 Å². The third kappa shape index (κ3) is 2.73. The molecule has 0 fully saturated rings. The maximum atomic E-state index is 5.78. The van der Waals surface area contributed by atoms with Crippen molar-refractivity contribution in [3.8, 4) is 0 Å². The van der Waals surface area contributed by atoms with Gasteiger partial charge < -0.3 is 15.1 Å². The topological polar surface area (TPSA) is 42.4 Å². The van der Waals surface area contributed by atoms with E-state index < -0.39 is 0 Å². The summed E-state index contributed by atoms with van der Waals surface area (Å²) in [6.45, 7) is 0.666. The molecule has 1 aromatic carbocycles. The molecule has 0 aliphatic carbocycles. The van der Waals surface area contributed by atoms with Gasteiger partial charge in [0.25, 0.3) is 0 Å². The van der Waals surface area contributed by atoms with E-state index in [0.29, 0.717) is 11.5 Å². The maximum Gasteiger partial charge on any atom is 0.123 e. The van der Waals surface area contributed by atoms with Gasteiger partial charge in [-0.1, -0.05) is 18.3 Å². The number of rotatable bonds is 4. The summed E-state index contributed by atoms with van der Waals surface area (Å²) in [5, 5.41) is 0. The van der Waals surface area contributed by atoms with Gasteiger partial charge in [0.2, 0.25) is 0 Å². The monoisotopic (exact) mass is 324 g/mol. The molecule has 2 rings (SSSR count). The molecule has 3 nitrogen and oxygen atoms in total. The van der Waals surface area contributed by atoms with E-state index in [4.69, 9.17) is 22.4 Å². The lowest BCUT2D eigenvalue weighted by atomic mass is 10.1. The molecule has 0 saturated carbocycles. The Hall–Kier alpha value is -1.33. The minimum atomic E-state index is 0.378. The van der Waals surface area contributed by atoms with Crippen LogP contribution in [0.4, 0.5) is 5.69 Å². The van der Waals surface area contributed by atoms with Gasteiger partial charge in [0.15, 0.2) is 0 Å². The summed E-state index contributed by atoms with van der Waals surface area (Å²) in [5.74, 6) is 0.895. The number of nitrogens with zero attached hydrogens (tertiary/aromatic N) is 1. The van der Waals surface area contributed by atoms with Crippen molar-refractivity contribution in [2.24, 2.45) is 5.73 Å². The number of anilines is 1. The summed E-state index contributed by atoms with van der Waals surface area (Å²) >= 11 is 8.58. The van der Waals surface area contributed by atoms with E-state index in [2.05, 4.69) is 20.8 Å². The Labute approximate surface area is 120 Å². The van der Waals surface area contributed by atoms with Gasteiger partial charge in [-0.15, -0.1) is 0 Å². The van der Waals surface area contributed by atoms with E-state index in [0.717, 1.165) is 21.5 Å². The largest absolute Gasteiger partial charge is 0.467 e. The molecule has 0 unspecified atom stereocenters. The Kier molecular flexibility index (Phi) is 4.04. The van der Waals surface area contributed by atoms with Crippen LogP contribution in [0.5, 0.6) is 0 Å². The van der Waals surface area contributed by atoms with Gasteiger partial charge >= 0.3 is 0 Å². The van der Waals surface area contributed by atoms with Crippen LogP contribution in [0.25, 0.3) is 0 Å². The first kappa shape index (κ1) is 13.1. The van der Waals surface area contributed by atoms with Gasteiger partial charge in [-0.05, 0) is 40.2 Å².